The number of benzene rings is 1. The molecular formula is C24H33ClN4O4S. The maximum absolute atomic E-state index is 13.2. The number of aromatic nitrogens is 2. The molecule has 1 aliphatic rings. The minimum absolute atomic E-state index is 0.190. The number of nitrogens with zero attached hydrogens (tertiary/aromatic N) is 3. The molecule has 1 fully saturated rings. The van der Waals surface area contributed by atoms with Crippen LogP contribution in [-0.4, -0.2) is 74.2 Å². The second-order valence-corrected chi connectivity index (χ2v) is 12.4. The third-order valence-corrected chi connectivity index (χ3v) is 8.73. The van der Waals surface area contributed by atoms with Crippen molar-refractivity contribution in [3.8, 4) is 0 Å². The number of imidazole rings is 1. The number of halogens is 1. The quantitative estimate of drug-likeness (QED) is 0.418. The first-order valence-corrected chi connectivity index (χ1v) is 12.8. The normalized spacial score (nSPS) is 15.8. The van der Waals surface area contributed by atoms with E-state index < -0.39 is 15.5 Å². The van der Waals surface area contributed by atoms with E-state index in [1.807, 2.05) is 33.0 Å². The molecule has 0 radical (unpaired) electrons. The number of carbonyl (C=O) groups is 2. The van der Waals surface area contributed by atoms with Crippen LogP contribution in [0.4, 0.5) is 0 Å². The highest BCUT2D eigenvalue weighted by Gasteiger charge is 2.53. The Kier molecular flexibility index (Phi) is 8.67. The minimum Gasteiger partial charge on any atom is -0.383 e. The van der Waals surface area contributed by atoms with Gasteiger partial charge in [-0.2, -0.15) is 0 Å². The zero-order chi connectivity index (χ0) is 24.9. The van der Waals surface area contributed by atoms with E-state index in [1.165, 1.54) is 6.20 Å². The first kappa shape index (κ1) is 26.5. The number of hydrogen-bond acceptors (Lipinski definition) is 6. The topological polar surface area (TPSA) is 93.5 Å². The lowest BCUT2D eigenvalue weighted by Crippen LogP contribution is -2.45. The molecule has 1 N–H and O–H groups in total. The van der Waals surface area contributed by atoms with Crippen LogP contribution in [0.1, 0.15) is 53.4 Å². The SMILES string of the molecule is COCC(C)(C)S(=O)C1(CN(C)CCn2c(C=O)cnc2C(=O)NCc2ccc(Cl)cc2)CC1. The van der Waals surface area contributed by atoms with Gasteiger partial charge in [-0.1, -0.05) is 23.7 Å². The molecular weight excluding hydrogens is 476 g/mol. The first-order chi connectivity index (χ1) is 16.1. The highest BCUT2D eigenvalue weighted by atomic mass is 35.5. The van der Waals surface area contributed by atoms with Crippen molar-refractivity contribution in [3.63, 3.8) is 0 Å². The molecule has 2 aromatic rings. The molecule has 1 unspecified atom stereocenters. The van der Waals surface area contributed by atoms with E-state index in [4.69, 9.17) is 16.3 Å². The summed E-state index contributed by atoms with van der Waals surface area (Å²) in [4.78, 5) is 30.6. The van der Waals surface area contributed by atoms with Gasteiger partial charge >= 0.3 is 0 Å². The predicted molar refractivity (Wildman–Crippen MR) is 134 cm³/mol. The van der Waals surface area contributed by atoms with Crippen molar-refractivity contribution in [2.75, 3.05) is 33.9 Å². The number of ether oxygens (including phenoxy) is 1. The Labute approximate surface area is 208 Å². The van der Waals surface area contributed by atoms with Crippen LogP contribution in [0.3, 0.4) is 0 Å². The summed E-state index contributed by atoms with van der Waals surface area (Å²) in [6.45, 7) is 6.39. The molecule has 1 saturated carbocycles. The van der Waals surface area contributed by atoms with Gasteiger partial charge in [-0.25, -0.2) is 4.98 Å². The van der Waals surface area contributed by atoms with Gasteiger partial charge < -0.3 is 19.5 Å². The van der Waals surface area contributed by atoms with Crippen LogP contribution in [0.15, 0.2) is 30.5 Å². The third-order valence-electron chi connectivity index (χ3n) is 6.03. The van der Waals surface area contributed by atoms with Crippen molar-refractivity contribution >= 4 is 34.6 Å². The van der Waals surface area contributed by atoms with E-state index in [-0.39, 0.29) is 16.5 Å². The second-order valence-electron chi connectivity index (χ2n) is 9.47. The van der Waals surface area contributed by atoms with Crippen LogP contribution in [0.2, 0.25) is 5.02 Å². The summed E-state index contributed by atoms with van der Waals surface area (Å²) < 4.78 is 19.5. The van der Waals surface area contributed by atoms with Crippen molar-refractivity contribution < 1.29 is 18.5 Å². The van der Waals surface area contributed by atoms with Gasteiger partial charge in [0.2, 0.25) is 0 Å². The summed E-state index contributed by atoms with van der Waals surface area (Å²) in [7, 11) is 2.55. The first-order valence-electron chi connectivity index (χ1n) is 11.2. The number of methoxy groups -OCH3 is 1. The van der Waals surface area contributed by atoms with Crippen LogP contribution in [0.5, 0.6) is 0 Å². The lowest BCUT2D eigenvalue weighted by molar-refractivity contribution is 0.0935. The van der Waals surface area contributed by atoms with Crippen LogP contribution < -0.4 is 5.32 Å². The van der Waals surface area contributed by atoms with Crippen molar-refractivity contribution in [2.24, 2.45) is 0 Å². The molecule has 1 amide bonds. The van der Waals surface area contributed by atoms with Crippen LogP contribution in [0.25, 0.3) is 0 Å². The monoisotopic (exact) mass is 508 g/mol. The van der Waals surface area contributed by atoms with E-state index in [2.05, 4.69) is 15.2 Å². The largest absolute Gasteiger partial charge is 0.383 e. The molecule has 0 spiro atoms. The lowest BCUT2D eigenvalue weighted by atomic mass is 10.2. The predicted octanol–water partition coefficient (Wildman–Crippen LogP) is 2.92. The maximum Gasteiger partial charge on any atom is 0.287 e. The van der Waals surface area contributed by atoms with Gasteiger partial charge in [0.1, 0.15) is 5.69 Å². The fraction of sp³-hybridized carbons (Fsp3) is 0.542. The molecule has 1 aliphatic carbocycles. The molecule has 0 aliphatic heterocycles. The molecule has 34 heavy (non-hydrogen) atoms. The fourth-order valence-corrected chi connectivity index (χ4v) is 6.47. The zero-order valence-electron chi connectivity index (χ0n) is 20.2. The van der Waals surface area contributed by atoms with Gasteiger partial charge in [-0.05, 0) is 51.4 Å². The van der Waals surface area contributed by atoms with Gasteiger partial charge in [-0.3, -0.25) is 13.8 Å². The van der Waals surface area contributed by atoms with Gasteiger partial charge in [0.05, 0.1) is 22.3 Å². The Hall–Kier alpha value is -2.07. The fourth-order valence-electron chi connectivity index (χ4n) is 4.13. The molecule has 8 nitrogen and oxygen atoms in total. The lowest BCUT2D eigenvalue weighted by Gasteiger charge is -2.31. The number of amides is 1. The van der Waals surface area contributed by atoms with Crippen LogP contribution in [-0.2, 0) is 28.6 Å². The van der Waals surface area contributed by atoms with Crippen molar-refractivity contribution in [2.45, 2.75) is 49.3 Å². The Balaban J connectivity index is 1.61. The Bertz CT molecular complexity index is 1030. The average molecular weight is 509 g/mol. The Morgan fingerprint density at radius 3 is 2.62 bits per heavy atom. The molecule has 186 valence electrons. The zero-order valence-corrected chi connectivity index (χ0v) is 21.7. The molecule has 10 heteroatoms. The van der Waals surface area contributed by atoms with Crippen LogP contribution in [0, 0.1) is 0 Å². The van der Waals surface area contributed by atoms with E-state index in [1.54, 1.807) is 23.8 Å². The summed E-state index contributed by atoms with van der Waals surface area (Å²) in [6, 6.07) is 7.21. The molecule has 0 saturated heterocycles. The molecule has 1 aromatic heterocycles. The molecule has 0 bridgehead atoms. The van der Waals surface area contributed by atoms with E-state index in [0.29, 0.717) is 49.8 Å². The molecule has 1 aromatic carbocycles. The maximum atomic E-state index is 13.2. The number of rotatable bonds is 13. The van der Waals surface area contributed by atoms with Gasteiger partial charge in [0, 0.05) is 49.1 Å². The van der Waals surface area contributed by atoms with Gasteiger partial charge in [0.15, 0.2) is 12.1 Å². The van der Waals surface area contributed by atoms with E-state index in [9.17, 15) is 13.8 Å². The minimum atomic E-state index is -1.04. The number of aldehydes is 1. The summed E-state index contributed by atoms with van der Waals surface area (Å²) >= 11 is 5.91. The molecule has 3 rings (SSSR count). The van der Waals surface area contributed by atoms with Crippen molar-refractivity contribution in [1.82, 2.24) is 19.8 Å². The summed E-state index contributed by atoms with van der Waals surface area (Å²) in [6.07, 6.45) is 3.95. The van der Waals surface area contributed by atoms with E-state index in [0.717, 1.165) is 18.4 Å². The smallest absolute Gasteiger partial charge is 0.287 e. The standard InChI is InChI=1S/C24H33ClN4O4S/c1-23(2,17-33-4)34(32)24(9-10-24)16-28(3)11-12-29-20(15-30)14-26-21(29)22(31)27-13-18-5-7-19(25)8-6-18/h5-8,14-15H,9-13,16-17H2,1-4H3,(H,27,31). The molecule has 1 atom stereocenters. The number of carbonyl (C=O) groups excluding carboxylic acids is 2. The highest BCUT2D eigenvalue weighted by Crippen LogP contribution is 2.46. The number of likely N-dealkylation sites (N-methyl/N-ethyl adjacent to an activating group) is 1. The van der Waals surface area contributed by atoms with Gasteiger partial charge in [0.25, 0.3) is 5.91 Å². The third kappa shape index (κ3) is 6.33. The summed E-state index contributed by atoms with van der Waals surface area (Å²) in [5, 5.41) is 3.47. The summed E-state index contributed by atoms with van der Waals surface area (Å²) in [5.74, 6) is -0.165. The summed E-state index contributed by atoms with van der Waals surface area (Å²) in [5.41, 5.74) is 1.25. The number of nitrogens with one attached hydrogen (secondary N) is 1. The molecule has 1 heterocycles. The van der Waals surface area contributed by atoms with E-state index >= 15 is 0 Å². The second kappa shape index (κ2) is 11.1. The van der Waals surface area contributed by atoms with Crippen molar-refractivity contribution in [3.05, 3.63) is 52.6 Å². The average Bonchev–Trinajstić information content (AvgIpc) is 3.45. The van der Waals surface area contributed by atoms with Crippen LogP contribution >= 0.6 is 11.6 Å². The van der Waals surface area contributed by atoms with Gasteiger partial charge in [-0.15, -0.1) is 0 Å². The number of hydrogen-bond donors (Lipinski definition) is 1. The Morgan fingerprint density at radius 2 is 2.03 bits per heavy atom. The Morgan fingerprint density at radius 1 is 1.35 bits per heavy atom. The highest BCUT2D eigenvalue weighted by molar-refractivity contribution is 7.88. The van der Waals surface area contributed by atoms with Crippen molar-refractivity contribution in [1.29, 1.82) is 0 Å².